The van der Waals surface area contributed by atoms with Crippen LogP contribution in [0.3, 0.4) is 0 Å². The summed E-state index contributed by atoms with van der Waals surface area (Å²) in [7, 11) is 6.45. The molecule has 23 heavy (non-hydrogen) atoms. The van der Waals surface area contributed by atoms with E-state index in [9.17, 15) is 0 Å². The van der Waals surface area contributed by atoms with Gasteiger partial charge >= 0.3 is 0 Å². The molecule has 6 heteroatoms. The van der Waals surface area contributed by atoms with Crippen molar-refractivity contribution in [3.8, 4) is 0 Å². The van der Waals surface area contributed by atoms with Crippen LogP contribution < -0.4 is 4.90 Å². The number of piperidine rings is 1. The molecule has 3 rings (SSSR count). The number of anilines is 1. The molecule has 0 radical (unpaired) electrons. The fraction of sp³-hybridized carbons (Fsp3) is 0.647. The van der Waals surface area contributed by atoms with Crippen LogP contribution in [-0.2, 0) is 0 Å². The van der Waals surface area contributed by atoms with E-state index in [2.05, 4.69) is 63.8 Å². The minimum atomic E-state index is 0.485. The lowest BCUT2D eigenvalue weighted by atomic mass is 9.92. The van der Waals surface area contributed by atoms with Gasteiger partial charge in [-0.15, -0.1) is 0 Å². The van der Waals surface area contributed by atoms with Crippen molar-refractivity contribution in [1.29, 1.82) is 0 Å². The number of aromatic amines is 1. The first-order chi connectivity index (χ1) is 11.1. The SMILES string of the molecule is CC1CCN(CCN(C)C)CC1N(C)c1ncnc2[nH]ccc12. The Bertz CT molecular complexity index is 637. The molecule has 0 bridgehead atoms. The minimum absolute atomic E-state index is 0.485. The van der Waals surface area contributed by atoms with E-state index in [0.29, 0.717) is 12.0 Å². The topological polar surface area (TPSA) is 51.3 Å². The maximum absolute atomic E-state index is 4.56. The Morgan fingerprint density at radius 1 is 1.30 bits per heavy atom. The number of nitrogens with zero attached hydrogens (tertiary/aromatic N) is 5. The summed E-state index contributed by atoms with van der Waals surface area (Å²) in [6.45, 7) is 6.90. The molecule has 0 aromatic carbocycles. The number of fused-ring (bicyclic) bond motifs is 1. The molecule has 2 atom stereocenters. The molecule has 2 unspecified atom stereocenters. The Labute approximate surface area is 138 Å². The quantitative estimate of drug-likeness (QED) is 0.909. The highest BCUT2D eigenvalue weighted by atomic mass is 15.3. The second kappa shape index (κ2) is 6.84. The van der Waals surface area contributed by atoms with Crippen LogP contribution in [0.2, 0.25) is 0 Å². The Balaban J connectivity index is 1.77. The summed E-state index contributed by atoms with van der Waals surface area (Å²) in [5.74, 6) is 1.70. The van der Waals surface area contributed by atoms with Crippen LogP contribution in [0.5, 0.6) is 0 Å². The second-order valence-corrected chi connectivity index (χ2v) is 6.99. The van der Waals surface area contributed by atoms with Crippen molar-refractivity contribution >= 4 is 16.9 Å². The van der Waals surface area contributed by atoms with Gasteiger partial charge in [-0.25, -0.2) is 9.97 Å². The van der Waals surface area contributed by atoms with Crippen LogP contribution >= 0.6 is 0 Å². The molecule has 6 nitrogen and oxygen atoms in total. The van der Waals surface area contributed by atoms with Gasteiger partial charge in [-0.2, -0.15) is 0 Å². The van der Waals surface area contributed by atoms with Gasteiger partial charge in [0.2, 0.25) is 0 Å². The van der Waals surface area contributed by atoms with Gasteiger partial charge in [-0.05, 0) is 39.0 Å². The number of hydrogen-bond donors (Lipinski definition) is 1. The van der Waals surface area contributed by atoms with Crippen LogP contribution in [0.15, 0.2) is 18.6 Å². The zero-order valence-electron chi connectivity index (χ0n) is 14.7. The van der Waals surface area contributed by atoms with Crippen molar-refractivity contribution in [2.45, 2.75) is 19.4 Å². The normalized spacial score (nSPS) is 22.8. The van der Waals surface area contributed by atoms with Gasteiger partial charge in [0, 0.05) is 38.9 Å². The van der Waals surface area contributed by atoms with Crippen molar-refractivity contribution in [2.24, 2.45) is 5.92 Å². The number of hydrogen-bond acceptors (Lipinski definition) is 5. The van der Waals surface area contributed by atoms with Crippen molar-refractivity contribution < 1.29 is 0 Å². The van der Waals surface area contributed by atoms with E-state index < -0.39 is 0 Å². The van der Waals surface area contributed by atoms with Gasteiger partial charge in [0.1, 0.15) is 17.8 Å². The fourth-order valence-corrected chi connectivity index (χ4v) is 3.46. The lowest BCUT2D eigenvalue weighted by molar-refractivity contribution is 0.154. The molecule has 0 saturated carbocycles. The molecule has 1 N–H and O–H groups in total. The molecule has 0 spiro atoms. The average molecular weight is 316 g/mol. The molecule has 126 valence electrons. The van der Waals surface area contributed by atoms with E-state index in [4.69, 9.17) is 0 Å². The third kappa shape index (κ3) is 3.48. The van der Waals surface area contributed by atoms with E-state index in [0.717, 1.165) is 36.5 Å². The molecule has 3 heterocycles. The summed E-state index contributed by atoms with van der Waals surface area (Å²) < 4.78 is 0. The lowest BCUT2D eigenvalue weighted by Gasteiger charge is -2.42. The third-order valence-electron chi connectivity index (χ3n) is 5.03. The summed E-state index contributed by atoms with van der Waals surface area (Å²) in [6, 6.07) is 2.55. The second-order valence-electron chi connectivity index (χ2n) is 6.99. The largest absolute Gasteiger partial charge is 0.354 e. The highest BCUT2D eigenvalue weighted by Crippen LogP contribution is 2.28. The van der Waals surface area contributed by atoms with Gasteiger partial charge in [-0.3, -0.25) is 0 Å². The van der Waals surface area contributed by atoms with Gasteiger partial charge in [0.15, 0.2) is 0 Å². The summed E-state index contributed by atoms with van der Waals surface area (Å²) in [6.07, 6.45) is 4.83. The Kier molecular flexibility index (Phi) is 4.82. The van der Waals surface area contributed by atoms with Gasteiger partial charge in [0.25, 0.3) is 0 Å². The highest BCUT2D eigenvalue weighted by Gasteiger charge is 2.30. The highest BCUT2D eigenvalue weighted by molar-refractivity contribution is 5.87. The average Bonchev–Trinajstić information content (AvgIpc) is 3.02. The predicted molar refractivity (Wildman–Crippen MR) is 94.9 cm³/mol. The summed E-state index contributed by atoms with van der Waals surface area (Å²) in [4.78, 5) is 19.2. The van der Waals surface area contributed by atoms with Gasteiger partial charge in [0.05, 0.1) is 5.39 Å². The van der Waals surface area contributed by atoms with Crippen molar-refractivity contribution in [3.05, 3.63) is 18.6 Å². The zero-order chi connectivity index (χ0) is 16.4. The third-order valence-corrected chi connectivity index (χ3v) is 5.03. The van der Waals surface area contributed by atoms with Crippen molar-refractivity contribution in [2.75, 3.05) is 52.2 Å². The Hall–Kier alpha value is -1.66. The number of likely N-dealkylation sites (N-methyl/N-ethyl adjacent to an activating group) is 2. The number of likely N-dealkylation sites (tertiary alicyclic amines) is 1. The standard InChI is InChI=1S/C17H28N6/c1-13-6-8-23(10-9-21(2)3)11-15(13)22(4)17-14-5-7-18-16(14)19-12-20-17/h5,7,12-13,15H,6,8-11H2,1-4H3,(H,18,19,20). The smallest absolute Gasteiger partial charge is 0.142 e. The van der Waals surface area contributed by atoms with Crippen LogP contribution in [0.1, 0.15) is 13.3 Å². The molecule has 2 aromatic rings. The molecule has 0 amide bonds. The van der Waals surface area contributed by atoms with Gasteiger partial charge in [-0.1, -0.05) is 6.92 Å². The van der Waals surface area contributed by atoms with E-state index in [1.807, 2.05) is 6.20 Å². The number of H-pyrrole nitrogens is 1. The number of nitrogens with one attached hydrogen (secondary N) is 1. The van der Waals surface area contributed by atoms with Gasteiger partial charge < -0.3 is 19.7 Å². The summed E-state index contributed by atoms with van der Waals surface area (Å²) in [5.41, 5.74) is 0.912. The lowest BCUT2D eigenvalue weighted by Crippen LogP contribution is -2.52. The van der Waals surface area contributed by atoms with E-state index in [1.165, 1.54) is 13.0 Å². The first kappa shape index (κ1) is 16.2. The van der Waals surface area contributed by atoms with Crippen LogP contribution in [0.4, 0.5) is 5.82 Å². The molecule has 1 fully saturated rings. The Morgan fingerprint density at radius 2 is 2.13 bits per heavy atom. The summed E-state index contributed by atoms with van der Waals surface area (Å²) in [5, 5.41) is 1.10. The van der Waals surface area contributed by atoms with Crippen LogP contribution in [-0.4, -0.2) is 78.1 Å². The molecular formula is C17H28N6. The number of rotatable bonds is 5. The van der Waals surface area contributed by atoms with Crippen molar-refractivity contribution in [3.63, 3.8) is 0 Å². The molecule has 2 aromatic heterocycles. The first-order valence-corrected chi connectivity index (χ1v) is 8.44. The molecule has 1 aliphatic rings. The zero-order valence-corrected chi connectivity index (χ0v) is 14.7. The maximum atomic E-state index is 4.56. The van der Waals surface area contributed by atoms with Crippen molar-refractivity contribution in [1.82, 2.24) is 24.8 Å². The number of aromatic nitrogens is 3. The molecule has 1 aliphatic heterocycles. The Morgan fingerprint density at radius 3 is 2.91 bits per heavy atom. The molecule has 0 aliphatic carbocycles. The predicted octanol–water partition coefficient (Wildman–Crippen LogP) is 1.67. The molecule has 1 saturated heterocycles. The fourth-order valence-electron chi connectivity index (χ4n) is 3.46. The van der Waals surface area contributed by atoms with E-state index in [1.54, 1.807) is 6.33 Å². The maximum Gasteiger partial charge on any atom is 0.142 e. The van der Waals surface area contributed by atoms with E-state index >= 15 is 0 Å². The molecular weight excluding hydrogens is 288 g/mol. The summed E-state index contributed by atoms with van der Waals surface area (Å²) >= 11 is 0. The first-order valence-electron chi connectivity index (χ1n) is 8.44. The van der Waals surface area contributed by atoms with E-state index in [-0.39, 0.29) is 0 Å². The minimum Gasteiger partial charge on any atom is -0.354 e. The van der Waals surface area contributed by atoms with Crippen LogP contribution in [0.25, 0.3) is 11.0 Å². The monoisotopic (exact) mass is 316 g/mol. The van der Waals surface area contributed by atoms with Crippen LogP contribution in [0, 0.1) is 5.92 Å².